The van der Waals surface area contributed by atoms with Crippen molar-refractivity contribution in [2.24, 2.45) is 0 Å². The lowest BCUT2D eigenvalue weighted by atomic mass is 10.1. The minimum absolute atomic E-state index is 0.00373. The van der Waals surface area contributed by atoms with E-state index in [0.717, 1.165) is 4.90 Å². The maximum absolute atomic E-state index is 14.7. The molecule has 4 aromatic rings. The summed E-state index contributed by atoms with van der Waals surface area (Å²) in [6, 6.07) is 21.4. The number of sulfonamides is 1. The number of hydrogen-bond acceptors (Lipinski definition) is 6. The third kappa shape index (κ3) is 6.34. The van der Waals surface area contributed by atoms with Gasteiger partial charge < -0.3 is 9.15 Å². The number of furan rings is 1. The van der Waals surface area contributed by atoms with Gasteiger partial charge in [-0.05, 0) is 79.2 Å². The number of halogens is 3. The summed E-state index contributed by atoms with van der Waals surface area (Å²) in [5.41, 5.74) is 0.742. The molecule has 0 N–H and O–H groups in total. The maximum Gasteiger partial charge on any atom is 0.340 e. The van der Waals surface area contributed by atoms with Gasteiger partial charge in [-0.2, -0.15) is 4.31 Å². The number of benzene rings is 3. The van der Waals surface area contributed by atoms with E-state index in [9.17, 15) is 22.4 Å². The van der Waals surface area contributed by atoms with Gasteiger partial charge >= 0.3 is 5.97 Å². The van der Waals surface area contributed by atoms with Crippen LogP contribution in [0.15, 0.2) is 111 Å². The lowest BCUT2D eigenvalue weighted by Gasteiger charge is -2.21. The molecule has 0 fully saturated rings. The summed E-state index contributed by atoms with van der Waals surface area (Å²) >= 11 is 12.0. The number of amides is 1. The standard InChI is InChI=1S/C32H25Cl2FN2O6S/c1-20-30(32(39)42-2)27(31(38)37(20)29-6-4-3-5-28(29)35)17-24-13-14-25(43-24)19-36(18-21-7-9-22(33)10-8-21)44(40,41)26-15-11-23(34)12-16-26/h3-17H,18-19H2,1-2H3/b27-17+. The van der Waals surface area contributed by atoms with Gasteiger partial charge in [-0.15, -0.1) is 0 Å². The summed E-state index contributed by atoms with van der Waals surface area (Å²) in [5, 5.41) is 0.901. The molecule has 5 rings (SSSR count). The van der Waals surface area contributed by atoms with Crippen LogP contribution in [0, 0.1) is 5.82 Å². The summed E-state index contributed by atoms with van der Waals surface area (Å²) in [6.07, 6.45) is 1.35. The molecular weight excluding hydrogens is 630 g/mol. The Morgan fingerprint density at radius 3 is 2.23 bits per heavy atom. The average molecular weight is 656 g/mol. The van der Waals surface area contributed by atoms with E-state index in [2.05, 4.69) is 0 Å². The lowest BCUT2D eigenvalue weighted by molar-refractivity contribution is -0.136. The number of rotatable bonds is 9. The Bertz CT molecular complexity index is 1900. The first-order valence-corrected chi connectivity index (χ1v) is 15.4. The topological polar surface area (TPSA) is 97.1 Å². The van der Waals surface area contributed by atoms with Crippen molar-refractivity contribution >= 4 is 56.9 Å². The van der Waals surface area contributed by atoms with Gasteiger partial charge in [-0.3, -0.25) is 9.69 Å². The second-order valence-corrected chi connectivity index (χ2v) is 12.6. The molecule has 0 saturated heterocycles. The molecule has 0 unspecified atom stereocenters. The molecule has 44 heavy (non-hydrogen) atoms. The van der Waals surface area contributed by atoms with Crippen LogP contribution < -0.4 is 4.90 Å². The largest absolute Gasteiger partial charge is 0.465 e. The third-order valence-corrected chi connectivity index (χ3v) is 9.22. The summed E-state index contributed by atoms with van der Waals surface area (Å²) in [6.45, 7) is 1.36. The van der Waals surface area contributed by atoms with Gasteiger partial charge in [0, 0.05) is 22.3 Å². The first-order chi connectivity index (χ1) is 21.0. The van der Waals surface area contributed by atoms with Crippen LogP contribution in [-0.4, -0.2) is 31.7 Å². The van der Waals surface area contributed by atoms with Gasteiger partial charge in [0.15, 0.2) is 0 Å². The molecule has 12 heteroatoms. The van der Waals surface area contributed by atoms with E-state index in [1.807, 2.05) is 0 Å². The lowest BCUT2D eigenvalue weighted by Crippen LogP contribution is -2.30. The van der Waals surface area contributed by atoms with Crippen LogP contribution in [0.2, 0.25) is 10.0 Å². The molecule has 0 bridgehead atoms. The smallest absolute Gasteiger partial charge is 0.340 e. The first-order valence-electron chi connectivity index (χ1n) is 13.2. The number of carbonyl (C=O) groups excluding carboxylic acids is 2. The number of methoxy groups -OCH3 is 1. The molecular formula is C32H25Cl2FN2O6S. The molecule has 2 heterocycles. The number of esters is 1. The Morgan fingerprint density at radius 2 is 1.59 bits per heavy atom. The van der Waals surface area contributed by atoms with Gasteiger partial charge in [-0.25, -0.2) is 17.6 Å². The molecule has 0 spiro atoms. The van der Waals surface area contributed by atoms with Crippen molar-refractivity contribution in [1.82, 2.24) is 4.31 Å². The molecule has 3 aromatic carbocycles. The molecule has 0 saturated carbocycles. The Kier molecular flexibility index (Phi) is 9.07. The number of anilines is 1. The second-order valence-electron chi connectivity index (χ2n) is 9.76. The van der Waals surface area contributed by atoms with Gasteiger partial charge in [-0.1, -0.05) is 47.5 Å². The van der Waals surface area contributed by atoms with Crippen LogP contribution in [0.1, 0.15) is 24.0 Å². The van der Waals surface area contributed by atoms with E-state index >= 15 is 0 Å². The van der Waals surface area contributed by atoms with Crippen LogP contribution in [-0.2, 0) is 37.4 Å². The van der Waals surface area contributed by atoms with Crippen molar-refractivity contribution in [3.63, 3.8) is 0 Å². The number of carbonyl (C=O) groups is 2. The highest BCUT2D eigenvalue weighted by molar-refractivity contribution is 7.89. The van der Waals surface area contributed by atoms with Crippen molar-refractivity contribution in [1.29, 1.82) is 0 Å². The first kappa shape index (κ1) is 31.2. The average Bonchev–Trinajstić information content (AvgIpc) is 3.54. The van der Waals surface area contributed by atoms with Crippen LogP contribution >= 0.6 is 23.2 Å². The molecule has 0 atom stereocenters. The van der Waals surface area contributed by atoms with E-state index in [4.69, 9.17) is 32.4 Å². The minimum Gasteiger partial charge on any atom is -0.465 e. The van der Waals surface area contributed by atoms with Gasteiger partial charge in [0.1, 0.15) is 17.3 Å². The third-order valence-electron chi connectivity index (χ3n) is 6.91. The zero-order valence-electron chi connectivity index (χ0n) is 23.5. The van der Waals surface area contributed by atoms with E-state index in [1.54, 1.807) is 42.5 Å². The summed E-state index contributed by atoms with van der Waals surface area (Å²) in [7, 11) is -2.84. The summed E-state index contributed by atoms with van der Waals surface area (Å²) < 4.78 is 54.1. The predicted octanol–water partition coefficient (Wildman–Crippen LogP) is 6.99. The Balaban J connectivity index is 1.49. The quantitative estimate of drug-likeness (QED) is 0.142. The molecule has 8 nitrogen and oxygen atoms in total. The van der Waals surface area contributed by atoms with Gasteiger partial charge in [0.25, 0.3) is 5.91 Å². The molecule has 1 amide bonds. The molecule has 0 radical (unpaired) electrons. The van der Waals surface area contributed by atoms with Crippen molar-refractivity contribution in [3.05, 3.63) is 135 Å². The predicted molar refractivity (Wildman–Crippen MR) is 165 cm³/mol. The highest BCUT2D eigenvalue weighted by Crippen LogP contribution is 2.37. The van der Waals surface area contributed by atoms with Crippen molar-refractivity contribution in [2.45, 2.75) is 24.9 Å². The SMILES string of the molecule is COC(=O)C1=C(C)N(c2ccccc2F)C(=O)/C1=C/c1ccc(CN(Cc2ccc(Cl)cc2)S(=O)(=O)c2ccc(Cl)cc2)o1. The van der Waals surface area contributed by atoms with E-state index in [1.165, 1.54) is 66.9 Å². The van der Waals surface area contributed by atoms with Gasteiger partial charge in [0.2, 0.25) is 10.0 Å². The zero-order valence-corrected chi connectivity index (χ0v) is 25.8. The molecule has 0 aliphatic carbocycles. The fourth-order valence-corrected chi connectivity index (χ4v) is 6.40. The summed E-state index contributed by atoms with van der Waals surface area (Å²) in [4.78, 5) is 27.4. The maximum atomic E-state index is 14.7. The highest BCUT2D eigenvalue weighted by atomic mass is 35.5. The fraction of sp³-hybridized carbons (Fsp3) is 0.125. The number of para-hydroxylation sites is 1. The molecule has 1 aliphatic heterocycles. The van der Waals surface area contributed by atoms with Crippen molar-refractivity contribution < 1.29 is 31.6 Å². The van der Waals surface area contributed by atoms with Crippen molar-refractivity contribution in [3.8, 4) is 0 Å². The van der Waals surface area contributed by atoms with Gasteiger partial charge in [0.05, 0.1) is 35.4 Å². The number of nitrogens with zero attached hydrogens (tertiary/aromatic N) is 2. The Hall–Kier alpha value is -4.22. The van der Waals surface area contributed by atoms with E-state index < -0.39 is 27.7 Å². The molecule has 226 valence electrons. The Morgan fingerprint density at radius 1 is 0.955 bits per heavy atom. The van der Waals surface area contributed by atoms with Crippen molar-refractivity contribution in [2.75, 3.05) is 12.0 Å². The summed E-state index contributed by atoms with van der Waals surface area (Å²) in [5.74, 6) is -1.64. The van der Waals surface area contributed by atoms with Crippen LogP contribution in [0.5, 0.6) is 0 Å². The van der Waals surface area contributed by atoms with E-state index in [0.29, 0.717) is 15.6 Å². The van der Waals surface area contributed by atoms with Crippen LogP contribution in [0.4, 0.5) is 10.1 Å². The highest BCUT2D eigenvalue weighted by Gasteiger charge is 2.39. The fourth-order valence-electron chi connectivity index (χ4n) is 4.75. The van der Waals surface area contributed by atoms with Crippen LogP contribution in [0.3, 0.4) is 0 Å². The minimum atomic E-state index is -4.02. The van der Waals surface area contributed by atoms with E-state index in [-0.39, 0.29) is 52.0 Å². The zero-order chi connectivity index (χ0) is 31.6. The number of allylic oxidation sites excluding steroid dienone is 1. The number of ether oxygens (including phenoxy) is 1. The molecule has 1 aromatic heterocycles. The molecule has 1 aliphatic rings. The number of hydrogen-bond donors (Lipinski definition) is 0. The monoisotopic (exact) mass is 654 g/mol. The normalized spacial score (nSPS) is 14.6. The van der Waals surface area contributed by atoms with Crippen LogP contribution in [0.25, 0.3) is 6.08 Å². The second kappa shape index (κ2) is 12.8. The Labute approximate surface area is 263 Å².